The number of para-hydroxylation sites is 3. The van der Waals surface area contributed by atoms with Gasteiger partial charge in [0.25, 0.3) is 0 Å². The standard InChI is InChI=1S/C21H20N4/c1-14(2)11-12-23-20-15-7-3-5-9-18(15)25-19-10-6-4-8-17(19)24-21(25)16(20)13-22/h3-10,14,23H,11-12H2,1-2H3. The number of nitrogens with one attached hydrogen (secondary N) is 1. The fraction of sp³-hybridized carbons (Fsp3) is 0.238. The molecule has 2 aromatic heterocycles. The van der Waals surface area contributed by atoms with Crippen LogP contribution in [0.4, 0.5) is 5.69 Å². The highest BCUT2D eigenvalue weighted by Crippen LogP contribution is 2.33. The van der Waals surface area contributed by atoms with E-state index in [0.29, 0.717) is 11.5 Å². The number of rotatable bonds is 4. The van der Waals surface area contributed by atoms with Crippen LogP contribution < -0.4 is 5.32 Å². The Morgan fingerprint density at radius 3 is 2.56 bits per heavy atom. The van der Waals surface area contributed by atoms with E-state index in [2.05, 4.69) is 47.8 Å². The van der Waals surface area contributed by atoms with E-state index < -0.39 is 0 Å². The Kier molecular flexibility index (Phi) is 3.77. The van der Waals surface area contributed by atoms with E-state index in [1.165, 1.54) is 0 Å². The lowest BCUT2D eigenvalue weighted by Crippen LogP contribution is -2.08. The third kappa shape index (κ3) is 2.49. The quantitative estimate of drug-likeness (QED) is 0.575. The minimum Gasteiger partial charge on any atom is -0.383 e. The first-order valence-corrected chi connectivity index (χ1v) is 8.66. The Morgan fingerprint density at radius 1 is 1.08 bits per heavy atom. The van der Waals surface area contributed by atoms with Crippen LogP contribution in [0, 0.1) is 17.2 Å². The minimum atomic E-state index is 0.610. The number of fused-ring (bicyclic) bond motifs is 5. The van der Waals surface area contributed by atoms with Crippen molar-refractivity contribution in [3.8, 4) is 6.07 Å². The fourth-order valence-electron chi connectivity index (χ4n) is 3.34. The summed E-state index contributed by atoms with van der Waals surface area (Å²) in [6.07, 6.45) is 1.06. The molecule has 1 N–H and O–H groups in total. The van der Waals surface area contributed by atoms with Crippen molar-refractivity contribution < 1.29 is 0 Å². The van der Waals surface area contributed by atoms with Crippen molar-refractivity contribution in [1.29, 1.82) is 5.26 Å². The van der Waals surface area contributed by atoms with E-state index in [0.717, 1.165) is 46.2 Å². The molecule has 0 aliphatic rings. The summed E-state index contributed by atoms with van der Waals surface area (Å²) in [5.41, 5.74) is 5.22. The zero-order valence-electron chi connectivity index (χ0n) is 14.5. The van der Waals surface area contributed by atoms with Gasteiger partial charge in [-0.2, -0.15) is 5.26 Å². The van der Waals surface area contributed by atoms with E-state index in [9.17, 15) is 5.26 Å². The molecule has 0 spiro atoms. The van der Waals surface area contributed by atoms with Crippen LogP contribution in [-0.2, 0) is 0 Å². The second-order valence-corrected chi connectivity index (χ2v) is 6.75. The summed E-state index contributed by atoms with van der Waals surface area (Å²) >= 11 is 0. The summed E-state index contributed by atoms with van der Waals surface area (Å²) in [4.78, 5) is 4.74. The Balaban J connectivity index is 2.06. The molecule has 0 amide bonds. The molecule has 2 aromatic carbocycles. The highest BCUT2D eigenvalue weighted by molar-refractivity contribution is 6.02. The number of imidazole rings is 1. The number of anilines is 1. The first-order valence-electron chi connectivity index (χ1n) is 8.66. The molecular formula is C21H20N4. The monoisotopic (exact) mass is 328 g/mol. The lowest BCUT2D eigenvalue weighted by atomic mass is 10.1. The van der Waals surface area contributed by atoms with Gasteiger partial charge in [0.2, 0.25) is 0 Å². The molecule has 0 aliphatic heterocycles. The molecule has 25 heavy (non-hydrogen) atoms. The lowest BCUT2D eigenvalue weighted by Gasteiger charge is -2.15. The van der Waals surface area contributed by atoms with Crippen LogP contribution in [-0.4, -0.2) is 15.9 Å². The Morgan fingerprint density at radius 2 is 1.80 bits per heavy atom. The van der Waals surface area contributed by atoms with Crippen molar-refractivity contribution in [2.45, 2.75) is 20.3 Å². The zero-order valence-corrected chi connectivity index (χ0v) is 14.5. The molecule has 0 saturated carbocycles. The largest absolute Gasteiger partial charge is 0.383 e. The van der Waals surface area contributed by atoms with Gasteiger partial charge in [0.15, 0.2) is 5.65 Å². The van der Waals surface area contributed by atoms with Crippen molar-refractivity contribution in [3.63, 3.8) is 0 Å². The summed E-state index contributed by atoms with van der Waals surface area (Å²) < 4.78 is 2.09. The second kappa shape index (κ2) is 6.10. The average molecular weight is 328 g/mol. The molecule has 0 saturated heterocycles. The predicted octanol–water partition coefficient (Wildman–Crippen LogP) is 4.97. The highest BCUT2D eigenvalue weighted by atomic mass is 15.0. The molecule has 0 aliphatic carbocycles. The Labute approximate surface area is 146 Å². The van der Waals surface area contributed by atoms with Gasteiger partial charge in [0.05, 0.1) is 22.2 Å². The van der Waals surface area contributed by atoms with Gasteiger partial charge in [0, 0.05) is 11.9 Å². The predicted molar refractivity (Wildman–Crippen MR) is 103 cm³/mol. The van der Waals surface area contributed by atoms with Crippen LogP contribution in [0.5, 0.6) is 0 Å². The SMILES string of the molecule is CC(C)CCNc1c(C#N)c2nc3ccccc3n2c2ccccc12. The molecular weight excluding hydrogens is 308 g/mol. The molecule has 2 heterocycles. The Bertz CT molecular complexity index is 1120. The molecule has 4 nitrogen and oxygen atoms in total. The number of aromatic nitrogens is 2. The van der Waals surface area contributed by atoms with Gasteiger partial charge in [-0.15, -0.1) is 0 Å². The van der Waals surface area contributed by atoms with Crippen molar-refractivity contribution >= 4 is 33.3 Å². The van der Waals surface area contributed by atoms with Crippen LogP contribution in [0.15, 0.2) is 48.5 Å². The third-order valence-electron chi connectivity index (χ3n) is 4.58. The summed E-state index contributed by atoms with van der Waals surface area (Å²) in [5.74, 6) is 0.613. The van der Waals surface area contributed by atoms with Crippen LogP contribution in [0.3, 0.4) is 0 Å². The van der Waals surface area contributed by atoms with Crippen LogP contribution >= 0.6 is 0 Å². The fourth-order valence-corrected chi connectivity index (χ4v) is 3.34. The molecule has 4 aromatic rings. The topological polar surface area (TPSA) is 53.1 Å². The van der Waals surface area contributed by atoms with Gasteiger partial charge in [0.1, 0.15) is 11.6 Å². The highest BCUT2D eigenvalue weighted by Gasteiger charge is 2.17. The number of hydrogen-bond donors (Lipinski definition) is 1. The summed E-state index contributed by atoms with van der Waals surface area (Å²) in [6.45, 7) is 5.25. The van der Waals surface area contributed by atoms with E-state index in [1.807, 2.05) is 30.3 Å². The molecule has 124 valence electrons. The van der Waals surface area contributed by atoms with Crippen molar-refractivity contribution in [2.75, 3.05) is 11.9 Å². The van der Waals surface area contributed by atoms with Crippen LogP contribution in [0.25, 0.3) is 27.6 Å². The number of hydrogen-bond acceptors (Lipinski definition) is 3. The second-order valence-electron chi connectivity index (χ2n) is 6.75. The molecule has 4 heteroatoms. The maximum absolute atomic E-state index is 9.87. The molecule has 0 atom stereocenters. The normalized spacial score (nSPS) is 11.4. The van der Waals surface area contributed by atoms with Gasteiger partial charge in [-0.3, -0.25) is 4.40 Å². The van der Waals surface area contributed by atoms with Crippen LogP contribution in [0.1, 0.15) is 25.8 Å². The number of nitrogens with zero attached hydrogens (tertiary/aromatic N) is 3. The average Bonchev–Trinajstić information content (AvgIpc) is 3.01. The molecule has 0 bridgehead atoms. The van der Waals surface area contributed by atoms with Crippen molar-refractivity contribution in [2.24, 2.45) is 5.92 Å². The number of pyridine rings is 1. The Hall–Kier alpha value is -3.06. The molecule has 0 fully saturated rings. The lowest BCUT2D eigenvalue weighted by molar-refractivity contribution is 0.607. The van der Waals surface area contributed by atoms with Gasteiger partial charge in [-0.1, -0.05) is 44.2 Å². The van der Waals surface area contributed by atoms with Crippen LogP contribution in [0.2, 0.25) is 0 Å². The van der Waals surface area contributed by atoms with Gasteiger partial charge in [-0.05, 0) is 30.5 Å². The zero-order chi connectivity index (χ0) is 17.4. The van der Waals surface area contributed by atoms with Crippen molar-refractivity contribution in [1.82, 2.24) is 9.38 Å². The van der Waals surface area contributed by atoms with Gasteiger partial charge in [-0.25, -0.2) is 4.98 Å². The summed E-state index contributed by atoms with van der Waals surface area (Å²) in [5, 5.41) is 14.4. The van der Waals surface area contributed by atoms with E-state index in [4.69, 9.17) is 4.98 Å². The maximum atomic E-state index is 9.87. The smallest absolute Gasteiger partial charge is 0.158 e. The third-order valence-corrected chi connectivity index (χ3v) is 4.58. The van der Waals surface area contributed by atoms with Gasteiger partial charge < -0.3 is 5.32 Å². The number of benzene rings is 2. The first kappa shape index (κ1) is 15.5. The minimum absolute atomic E-state index is 0.610. The van der Waals surface area contributed by atoms with Crippen molar-refractivity contribution in [3.05, 3.63) is 54.1 Å². The van der Waals surface area contributed by atoms with E-state index >= 15 is 0 Å². The van der Waals surface area contributed by atoms with E-state index in [1.54, 1.807) is 0 Å². The number of nitriles is 1. The first-order chi connectivity index (χ1) is 12.2. The molecule has 4 rings (SSSR count). The van der Waals surface area contributed by atoms with E-state index in [-0.39, 0.29) is 0 Å². The van der Waals surface area contributed by atoms with Gasteiger partial charge >= 0.3 is 0 Å². The summed E-state index contributed by atoms with van der Waals surface area (Å²) in [6, 6.07) is 18.6. The molecule has 0 radical (unpaired) electrons. The molecule has 0 unspecified atom stereocenters. The maximum Gasteiger partial charge on any atom is 0.158 e. The summed E-state index contributed by atoms with van der Waals surface area (Å²) in [7, 11) is 0.